The van der Waals surface area contributed by atoms with E-state index in [-0.39, 0.29) is 6.10 Å². The zero-order valence-corrected chi connectivity index (χ0v) is 17.4. The van der Waals surface area contributed by atoms with Gasteiger partial charge in [0.15, 0.2) is 0 Å². The van der Waals surface area contributed by atoms with Crippen LogP contribution in [0.2, 0.25) is 0 Å². The molecule has 2 aliphatic rings. The summed E-state index contributed by atoms with van der Waals surface area (Å²) in [6, 6.07) is 16.6. The van der Waals surface area contributed by atoms with E-state index in [2.05, 4.69) is 21.9 Å². The number of anilines is 1. The van der Waals surface area contributed by atoms with E-state index in [1.807, 2.05) is 48.2 Å². The van der Waals surface area contributed by atoms with Gasteiger partial charge >= 0.3 is 0 Å². The summed E-state index contributed by atoms with van der Waals surface area (Å²) in [5, 5.41) is 0. The van der Waals surface area contributed by atoms with Crippen molar-refractivity contribution in [3.63, 3.8) is 0 Å². The van der Waals surface area contributed by atoms with E-state index in [1.54, 1.807) is 14.2 Å². The second-order valence-electron chi connectivity index (χ2n) is 7.16. The van der Waals surface area contributed by atoms with Crippen LogP contribution < -0.4 is 19.1 Å². The van der Waals surface area contributed by atoms with Gasteiger partial charge in [-0.15, -0.1) is 0 Å². The topological polar surface area (TPSA) is 34.2 Å². The monoisotopic (exact) mass is 400 g/mol. The van der Waals surface area contributed by atoms with Crippen molar-refractivity contribution < 1.29 is 14.2 Å². The van der Waals surface area contributed by atoms with Crippen LogP contribution in [-0.2, 0) is 0 Å². The van der Waals surface area contributed by atoms with Crippen LogP contribution in [0.15, 0.2) is 48.5 Å². The van der Waals surface area contributed by atoms with E-state index < -0.39 is 0 Å². The molecule has 0 saturated carbocycles. The normalized spacial score (nSPS) is 22.4. The Morgan fingerprint density at radius 3 is 2.04 bits per heavy atom. The lowest BCUT2D eigenvalue weighted by Gasteiger charge is -2.50. The first-order valence-corrected chi connectivity index (χ1v) is 10.9. The third-order valence-electron chi connectivity index (χ3n) is 5.51. The maximum atomic E-state index is 6.35. The van der Waals surface area contributed by atoms with Gasteiger partial charge in [0.1, 0.15) is 23.4 Å². The molecule has 2 saturated heterocycles. The number of thioether (sulfide) groups is 1. The molecule has 150 valence electrons. The van der Waals surface area contributed by atoms with Gasteiger partial charge in [0.25, 0.3) is 0 Å². The highest BCUT2D eigenvalue weighted by atomic mass is 32.2. The van der Waals surface area contributed by atoms with Gasteiger partial charge in [0.05, 0.1) is 26.8 Å². The number of ether oxygens (including phenoxy) is 3. The van der Waals surface area contributed by atoms with E-state index in [0.717, 1.165) is 43.4 Å². The van der Waals surface area contributed by atoms with E-state index in [0.29, 0.717) is 6.04 Å². The lowest BCUT2D eigenvalue weighted by atomic mass is 9.96. The Morgan fingerprint density at radius 2 is 1.43 bits per heavy atom. The predicted molar refractivity (Wildman–Crippen MR) is 115 cm³/mol. The lowest BCUT2D eigenvalue weighted by Crippen LogP contribution is -2.66. The molecule has 2 aromatic rings. The molecule has 2 aliphatic heterocycles. The van der Waals surface area contributed by atoms with Crippen LogP contribution in [0.1, 0.15) is 0 Å². The molecule has 2 atom stereocenters. The van der Waals surface area contributed by atoms with Crippen LogP contribution in [0.25, 0.3) is 0 Å². The van der Waals surface area contributed by atoms with Crippen molar-refractivity contribution in [2.45, 2.75) is 12.1 Å². The van der Waals surface area contributed by atoms with Crippen molar-refractivity contribution in [2.75, 3.05) is 56.8 Å². The third-order valence-corrected chi connectivity index (χ3v) is 6.45. The van der Waals surface area contributed by atoms with Crippen LogP contribution in [0, 0.1) is 0 Å². The highest BCUT2D eigenvalue weighted by Gasteiger charge is 2.42. The van der Waals surface area contributed by atoms with Crippen LogP contribution in [0.4, 0.5) is 5.69 Å². The quantitative estimate of drug-likeness (QED) is 0.709. The van der Waals surface area contributed by atoms with Crippen LogP contribution in [-0.4, -0.2) is 69.0 Å². The molecule has 0 amide bonds. The SMILES string of the molecule is COc1ccc(O[C@@H]2CN(c3ccc(OC)cc3)[C@@H]2CN2CCSCC2)cc1. The van der Waals surface area contributed by atoms with E-state index >= 15 is 0 Å². The fourth-order valence-electron chi connectivity index (χ4n) is 3.79. The summed E-state index contributed by atoms with van der Waals surface area (Å²) in [4.78, 5) is 5.02. The van der Waals surface area contributed by atoms with Crippen molar-refractivity contribution in [1.82, 2.24) is 4.90 Å². The van der Waals surface area contributed by atoms with Gasteiger partial charge in [-0.1, -0.05) is 0 Å². The van der Waals surface area contributed by atoms with E-state index in [9.17, 15) is 0 Å². The Kier molecular flexibility index (Phi) is 6.17. The molecule has 0 aliphatic carbocycles. The minimum Gasteiger partial charge on any atom is -0.497 e. The highest BCUT2D eigenvalue weighted by molar-refractivity contribution is 7.99. The standard InChI is InChI=1S/C22H28N2O3S/c1-25-18-5-3-17(4-6-18)24-16-22(21(24)15-23-11-13-28-14-12-23)27-20-9-7-19(26-2)8-10-20/h3-10,21-22H,11-16H2,1-2H3/t21-,22-/m1/s1. The fraction of sp³-hybridized carbons (Fsp3) is 0.455. The Hall–Kier alpha value is -2.05. The molecule has 0 unspecified atom stereocenters. The average Bonchev–Trinajstić information content (AvgIpc) is 2.76. The lowest BCUT2D eigenvalue weighted by molar-refractivity contribution is 0.0905. The molecular weight excluding hydrogens is 372 g/mol. The van der Waals surface area contributed by atoms with Gasteiger partial charge in [-0.25, -0.2) is 0 Å². The van der Waals surface area contributed by atoms with Crippen molar-refractivity contribution in [3.05, 3.63) is 48.5 Å². The molecule has 6 heteroatoms. The molecule has 2 heterocycles. The Bertz CT molecular complexity index is 747. The molecule has 0 aromatic heterocycles. The fourth-order valence-corrected chi connectivity index (χ4v) is 4.77. The van der Waals surface area contributed by atoms with Crippen LogP contribution in [0.5, 0.6) is 17.2 Å². The summed E-state index contributed by atoms with van der Waals surface area (Å²) in [5.74, 6) is 5.08. The zero-order chi connectivity index (χ0) is 19.3. The third kappa shape index (κ3) is 4.33. The Morgan fingerprint density at radius 1 is 0.857 bits per heavy atom. The summed E-state index contributed by atoms with van der Waals surface area (Å²) in [6.45, 7) is 4.25. The molecule has 0 spiro atoms. The molecule has 0 radical (unpaired) electrons. The second-order valence-corrected chi connectivity index (χ2v) is 8.39. The average molecular weight is 401 g/mol. The van der Waals surface area contributed by atoms with Crippen molar-refractivity contribution in [2.24, 2.45) is 0 Å². The molecule has 5 nitrogen and oxygen atoms in total. The summed E-state index contributed by atoms with van der Waals surface area (Å²) in [5.41, 5.74) is 1.23. The first-order valence-electron chi connectivity index (χ1n) is 9.78. The number of benzene rings is 2. The van der Waals surface area contributed by atoms with Crippen molar-refractivity contribution >= 4 is 17.4 Å². The summed E-state index contributed by atoms with van der Waals surface area (Å²) in [7, 11) is 3.38. The molecular formula is C22H28N2O3S. The smallest absolute Gasteiger partial charge is 0.138 e. The predicted octanol–water partition coefficient (Wildman–Crippen LogP) is 3.39. The first kappa shape index (κ1) is 19.3. The summed E-state index contributed by atoms with van der Waals surface area (Å²) < 4.78 is 16.9. The van der Waals surface area contributed by atoms with Gasteiger partial charge in [0, 0.05) is 36.8 Å². The number of rotatable bonds is 7. The number of methoxy groups -OCH3 is 2. The maximum absolute atomic E-state index is 6.35. The zero-order valence-electron chi connectivity index (χ0n) is 16.5. The van der Waals surface area contributed by atoms with E-state index in [4.69, 9.17) is 14.2 Å². The summed E-state index contributed by atoms with van der Waals surface area (Å²) >= 11 is 2.05. The highest BCUT2D eigenvalue weighted by Crippen LogP contribution is 2.32. The largest absolute Gasteiger partial charge is 0.497 e. The second kappa shape index (κ2) is 8.97. The van der Waals surface area contributed by atoms with Gasteiger partial charge < -0.3 is 19.1 Å². The Labute approximate surface area is 171 Å². The minimum atomic E-state index is 0.185. The maximum Gasteiger partial charge on any atom is 0.138 e. The summed E-state index contributed by atoms with van der Waals surface area (Å²) in [6.07, 6.45) is 0.185. The van der Waals surface area contributed by atoms with Gasteiger partial charge in [0.2, 0.25) is 0 Å². The molecule has 2 aromatic carbocycles. The Balaban J connectivity index is 1.46. The van der Waals surface area contributed by atoms with Gasteiger partial charge in [-0.2, -0.15) is 11.8 Å². The van der Waals surface area contributed by atoms with Gasteiger partial charge in [-0.05, 0) is 48.5 Å². The molecule has 0 bridgehead atoms. The van der Waals surface area contributed by atoms with E-state index in [1.165, 1.54) is 17.2 Å². The molecule has 4 rings (SSSR count). The van der Waals surface area contributed by atoms with Crippen LogP contribution in [0.3, 0.4) is 0 Å². The van der Waals surface area contributed by atoms with Crippen molar-refractivity contribution in [3.8, 4) is 17.2 Å². The number of nitrogens with zero attached hydrogens (tertiary/aromatic N) is 2. The minimum absolute atomic E-state index is 0.185. The molecule has 2 fully saturated rings. The molecule has 28 heavy (non-hydrogen) atoms. The number of hydrogen-bond acceptors (Lipinski definition) is 6. The van der Waals surface area contributed by atoms with Crippen molar-refractivity contribution in [1.29, 1.82) is 0 Å². The molecule has 0 N–H and O–H groups in total. The number of hydrogen-bond donors (Lipinski definition) is 0. The first-order chi connectivity index (χ1) is 13.8. The van der Waals surface area contributed by atoms with Crippen LogP contribution >= 0.6 is 11.8 Å². The van der Waals surface area contributed by atoms with Gasteiger partial charge in [-0.3, -0.25) is 4.90 Å².